The summed E-state index contributed by atoms with van der Waals surface area (Å²) in [4.78, 5) is 15.3. The maximum absolute atomic E-state index is 11.4. The summed E-state index contributed by atoms with van der Waals surface area (Å²) < 4.78 is 1.93. The lowest BCUT2D eigenvalue weighted by atomic mass is 10.2. The third-order valence-corrected chi connectivity index (χ3v) is 2.47. The first-order valence-electron chi connectivity index (χ1n) is 5.68. The highest BCUT2D eigenvalue weighted by Crippen LogP contribution is 1.86. The molecule has 0 fully saturated rings. The number of hydrogen-bond donors (Lipinski definition) is 2. The average molecular weight is 224 g/mol. The first-order valence-corrected chi connectivity index (χ1v) is 5.68. The highest BCUT2D eigenvalue weighted by Gasteiger charge is 2.02. The van der Waals surface area contributed by atoms with Gasteiger partial charge in [-0.15, -0.1) is 0 Å². The Bertz CT molecular complexity index is 297. The van der Waals surface area contributed by atoms with Crippen molar-refractivity contribution < 1.29 is 4.79 Å². The molecule has 1 aromatic rings. The van der Waals surface area contributed by atoms with Crippen LogP contribution < -0.4 is 10.6 Å². The van der Waals surface area contributed by atoms with Gasteiger partial charge >= 0.3 is 0 Å². The minimum absolute atomic E-state index is 0.0421. The zero-order valence-electron chi connectivity index (χ0n) is 9.94. The van der Waals surface area contributed by atoms with Gasteiger partial charge in [-0.3, -0.25) is 4.79 Å². The predicted octanol–water partition coefficient (Wildman–Crippen LogP) is 0.387. The zero-order chi connectivity index (χ0) is 11.8. The number of rotatable bonds is 7. The maximum atomic E-state index is 11.4. The molecule has 16 heavy (non-hydrogen) atoms. The molecule has 0 bridgehead atoms. The van der Waals surface area contributed by atoms with Gasteiger partial charge in [0.15, 0.2) is 0 Å². The van der Waals surface area contributed by atoms with E-state index in [0.717, 1.165) is 13.0 Å². The SMILES string of the molecule is CCC(C)NCC(=O)NCCn1ccnc1. The maximum Gasteiger partial charge on any atom is 0.234 e. The van der Waals surface area contributed by atoms with Crippen molar-refractivity contribution in [1.29, 1.82) is 0 Å². The number of hydrogen-bond acceptors (Lipinski definition) is 3. The highest BCUT2D eigenvalue weighted by atomic mass is 16.1. The van der Waals surface area contributed by atoms with Gasteiger partial charge in [0, 0.05) is 31.5 Å². The minimum Gasteiger partial charge on any atom is -0.353 e. The van der Waals surface area contributed by atoms with Crippen LogP contribution in [0.2, 0.25) is 0 Å². The molecular weight excluding hydrogens is 204 g/mol. The van der Waals surface area contributed by atoms with E-state index in [1.165, 1.54) is 0 Å². The molecule has 2 N–H and O–H groups in total. The summed E-state index contributed by atoms with van der Waals surface area (Å²) in [5, 5.41) is 5.99. The summed E-state index contributed by atoms with van der Waals surface area (Å²) in [5.41, 5.74) is 0. The Morgan fingerprint density at radius 3 is 3.00 bits per heavy atom. The van der Waals surface area contributed by atoms with Crippen LogP contribution in [-0.4, -0.2) is 34.6 Å². The zero-order valence-corrected chi connectivity index (χ0v) is 9.94. The quantitative estimate of drug-likeness (QED) is 0.704. The predicted molar refractivity (Wildman–Crippen MR) is 63.0 cm³/mol. The topological polar surface area (TPSA) is 59.0 Å². The fourth-order valence-corrected chi connectivity index (χ4v) is 1.22. The number of carbonyl (C=O) groups excluding carboxylic acids is 1. The number of nitrogens with one attached hydrogen (secondary N) is 2. The molecule has 1 heterocycles. The molecule has 1 aromatic heterocycles. The van der Waals surface area contributed by atoms with E-state index in [9.17, 15) is 4.79 Å². The Balaban J connectivity index is 2.06. The Labute approximate surface area is 96.3 Å². The minimum atomic E-state index is 0.0421. The second-order valence-corrected chi connectivity index (χ2v) is 3.84. The number of aromatic nitrogens is 2. The Kier molecular flexibility index (Phi) is 5.56. The van der Waals surface area contributed by atoms with Gasteiger partial charge in [0.1, 0.15) is 0 Å². The molecule has 0 spiro atoms. The molecule has 0 saturated carbocycles. The summed E-state index contributed by atoms with van der Waals surface area (Å²) in [6.45, 7) is 5.94. The van der Waals surface area contributed by atoms with Gasteiger partial charge in [0.25, 0.3) is 0 Å². The van der Waals surface area contributed by atoms with Crippen molar-refractivity contribution in [2.24, 2.45) is 0 Å². The molecule has 1 amide bonds. The second kappa shape index (κ2) is 7.00. The molecule has 5 nitrogen and oxygen atoms in total. The van der Waals surface area contributed by atoms with Gasteiger partial charge in [-0.2, -0.15) is 0 Å². The molecule has 5 heteroatoms. The molecule has 0 aliphatic carbocycles. The molecule has 1 atom stereocenters. The smallest absolute Gasteiger partial charge is 0.234 e. The molecule has 0 radical (unpaired) electrons. The van der Waals surface area contributed by atoms with Gasteiger partial charge in [0.05, 0.1) is 12.9 Å². The van der Waals surface area contributed by atoms with Crippen LogP contribution in [0.1, 0.15) is 20.3 Å². The number of carbonyl (C=O) groups is 1. The lowest BCUT2D eigenvalue weighted by Gasteiger charge is -2.11. The van der Waals surface area contributed by atoms with Crippen molar-refractivity contribution in [3.8, 4) is 0 Å². The Morgan fingerprint density at radius 1 is 1.56 bits per heavy atom. The second-order valence-electron chi connectivity index (χ2n) is 3.84. The molecule has 0 aromatic carbocycles. The summed E-state index contributed by atoms with van der Waals surface area (Å²) in [7, 11) is 0. The van der Waals surface area contributed by atoms with Crippen LogP contribution >= 0.6 is 0 Å². The molecule has 1 unspecified atom stereocenters. The van der Waals surface area contributed by atoms with E-state index in [-0.39, 0.29) is 5.91 Å². The van der Waals surface area contributed by atoms with Gasteiger partial charge in [-0.05, 0) is 13.3 Å². The van der Waals surface area contributed by atoms with Gasteiger partial charge in [-0.25, -0.2) is 4.98 Å². The third-order valence-electron chi connectivity index (χ3n) is 2.47. The van der Waals surface area contributed by atoms with E-state index >= 15 is 0 Å². The van der Waals surface area contributed by atoms with Crippen LogP contribution in [0.5, 0.6) is 0 Å². The standard InChI is InChI=1S/C11H20N4O/c1-3-10(2)14-8-11(16)13-5-7-15-6-4-12-9-15/h4,6,9-10,14H,3,5,7-8H2,1-2H3,(H,13,16). The van der Waals surface area contributed by atoms with Crippen LogP contribution in [0.25, 0.3) is 0 Å². The van der Waals surface area contributed by atoms with Crippen LogP contribution in [-0.2, 0) is 11.3 Å². The molecule has 0 aliphatic rings. The summed E-state index contributed by atoms with van der Waals surface area (Å²) >= 11 is 0. The number of imidazole rings is 1. The molecular formula is C11H20N4O. The van der Waals surface area contributed by atoms with Gasteiger partial charge in [-0.1, -0.05) is 6.92 Å². The van der Waals surface area contributed by atoms with Crippen LogP contribution in [0.4, 0.5) is 0 Å². The van der Waals surface area contributed by atoms with Crippen molar-refractivity contribution in [1.82, 2.24) is 20.2 Å². The van der Waals surface area contributed by atoms with Crippen molar-refractivity contribution in [3.63, 3.8) is 0 Å². The first kappa shape index (κ1) is 12.7. The van der Waals surface area contributed by atoms with E-state index < -0.39 is 0 Å². The summed E-state index contributed by atoms with van der Waals surface area (Å²) in [6.07, 6.45) is 6.38. The first-order chi connectivity index (χ1) is 7.72. The van der Waals surface area contributed by atoms with Crippen molar-refractivity contribution in [2.45, 2.75) is 32.9 Å². The third kappa shape index (κ3) is 4.93. The normalized spacial score (nSPS) is 12.4. The van der Waals surface area contributed by atoms with E-state index in [1.807, 2.05) is 10.8 Å². The van der Waals surface area contributed by atoms with Crippen molar-refractivity contribution in [2.75, 3.05) is 13.1 Å². The summed E-state index contributed by atoms with van der Waals surface area (Å²) in [5.74, 6) is 0.0421. The van der Waals surface area contributed by atoms with E-state index in [4.69, 9.17) is 0 Å². The summed E-state index contributed by atoms with van der Waals surface area (Å²) in [6, 6.07) is 0.388. The lowest BCUT2D eigenvalue weighted by molar-refractivity contribution is -0.120. The Hall–Kier alpha value is -1.36. The molecule has 1 rings (SSSR count). The monoisotopic (exact) mass is 224 g/mol. The largest absolute Gasteiger partial charge is 0.353 e. The van der Waals surface area contributed by atoms with E-state index in [1.54, 1.807) is 12.5 Å². The van der Waals surface area contributed by atoms with Crippen LogP contribution in [0, 0.1) is 0 Å². The van der Waals surface area contributed by atoms with Crippen molar-refractivity contribution >= 4 is 5.91 Å². The molecule has 0 saturated heterocycles. The van der Waals surface area contributed by atoms with Gasteiger partial charge < -0.3 is 15.2 Å². The average Bonchev–Trinajstić information content (AvgIpc) is 2.79. The van der Waals surface area contributed by atoms with E-state index in [2.05, 4.69) is 29.5 Å². The van der Waals surface area contributed by atoms with Crippen LogP contribution in [0.3, 0.4) is 0 Å². The van der Waals surface area contributed by atoms with Gasteiger partial charge in [0.2, 0.25) is 5.91 Å². The Morgan fingerprint density at radius 2 is 2.38 bits per heavy atom. The van der Waals surface area contributed by atoms with Crippen molar-refractivity contribution in [3.05, 3.63) is 18.7 Å². The number of amides is 1. The fraction of sp³-hybridized carbons (Fsp3) is 0.636. The van der Waals surface area contributed by atoms with Crippen LogP contribution in [0.15, 0.2) is 18.7 Å². The van der Waals surface area contributed by atoms with E-state index in [0.29, 0.717) is 19.1 Å². The molecule has 0 aliphatic heterocycles. The molecule has 90 valence electrons. The number of nitrogens with zero attached hydrogens (tertiary/aromatic N) is 2. The lowest BCUT2D eigenvalue weighted by Crippen LogP contribution is -2.38. The fourth-order valence-electron chi connectivity index (χ4n) is 1.22. The highest BCUT2D eigenvalue weighted by molar-refractivity contribution is 5.77.